The largest absolute Gasteiger partial charge is 0.378 e. The van der Waals surface area contributed by atoms with Gasteiger partial charge in [0.2, 0.25) is 5.91 Å². The van der Waals surface area contributed by atoms with E-state index in [0.717, 1.165) is 24.0 Å². The molecule has 0 saturated heterocycles. The van der Waals surface area contributed by atoms with Crippen molar-refractivity contribution in [2.24, 2.45) is 16.6 Å². The number of carbonyl (C=O) groups excluding carboxylic acids is 1. The first-order chi connectivity index (χ1) is 14.2. The maximum absolute atomic E-state index is 14.7. The van der Waals surface area contributed by atoms with Crippen molar-refractivity contribution in [1.82, 2.24) is 9.88 Å². The molecule has 5 rings (SSSR count). The summed E-state index contributed by atoms with van der Waals surface area (Å²) in [7, 11) is 3.54. The Bertz CT molecular complexity index is 1130. The molecule has 3 atom stereocenters. The van der Waals surface area contributed by atoms with Crippen molar-refractivity contribution in [3.8, 4) is 0 Å². The van der Waals surface area contributed by atoms with E-state index in [-0.39, 0.29) is 17.5 Å². The number of fused-ring (bicyclic) bond motifs is 4. The van der Waals surface area contributed by atoms with E-state index < -0.39 is 16.1 Å². The molecular formula is C22H20ClFN4OS. The molecule has 2 N–H and O–H groups in total. The van der Waals surface area contributed by atoms with Crippen LogP contribution in [0.3, 0.4) is 0 Å². The fourth-order valence-corrected chi connectivity index (χ4v) is 6.27. The lowest BCUT2D eigenvalue weighted by atomic mass is 9.66. The predicted molar refractivity (Wildman–Crippen MR) is 119 cm³/mol. The number of hydrogen-bond acceptors (Lipinski definition) is 5. The molecule has 0 bridgehead atoms. The molecule has 2 heterocycles. The molecule has 1 aliphatic heterocycles. The van der Waals surface area contributed by atoms with Gasteiger partial charge in [-0.25, -0.2) is 4.39 Å². The predicted octanol–water partition coefficient (Wildman–Crippen LogP) is 3.86. The first kappa shape index (κ1) is 19.6. The maximum Gasteiger partial charge on any atom is 0.239 e. The van der Waals surface area contributed by atoms with Crippen LogP contribution in [0.4, 0.5) is 4.39 Å². The highest BCUT2D eigenvalue weighted by Gasteiger charge is 2.73. The van der Waals surface area contributed by atoms with Gasteiger partial charge in [0.05, 0.1) is 16.3 Å². The standard InChI is InChI=1S/C22H20ClFN4OS/c1-28(2)19(29)22-10-18(22)21(27-20(25)30-22)9-13-4-3-12(7-15(13)21)8-16(24)17-6-5-14(23)11-26-17/h3-8,11,18H,9-10H2,1-2H3,(H2,25,27)/b16-8-/t18-,21+,22-/m0/s1. The molecule has 1 aromatic heterocycles. The zero-order chi connectivity index (χ0) is 21.3. The molecule has 1 fully saturated rings. The molecule has 3 aliphatic rings. The summed E-state index contributed by atoms with van der Waals surface area (Å²) in [5, 5.41) is 0.905. The molecule has 2 aliphatic carbocycles. The van der Waals surface area contributed by atoms with E-state index in [2.05, 4.69) is 4.98 Å². The van der Waals surface area contributed by atoms with Crippen LogP contribution in [0.25, 0.3) is 11.9 Å². The second-order valence-electron chi connectivity index (χ2n) is 8.27. The monoisotopic (exact) mass is 442 g/mol. The van der Waals surface area contributed by atoms with Gasteiger partial charge in [-0.3, -0.25) is 14.8 Å². The summed E-state index contributed by atoms with van der Waals surface area (Å²) in [6.45, 7) is 0. The minimum absolute atomic E-state index is 0.0825. The Morgan fingerprint density at radius 1 is 1.37 bits per heavy atom. The number of halogens is 2. The van der Waals surface area contributed by atoms with Crippen molar-refractivity contribution in [2.45, 2.75) is 23.1 Å². The Hall–Kier alpha value is -2.38. The summed E-state index contributed by atoms with van der Waals surface area (Å²) in [5.41, 5.74) is 8.84. The SMILES string of the molecule is CN(C)C(=O)[C@]12C[C@H]1[C@]1(Cc3ccc(/C=C(\F)c4ccc(Cl)cn4)cc31)N=C(N)S2. The summed E-state index contributed by atoms with van der Waals surface area (Å²) >= 11 is 7.22. The molecule has 2 aromatic rings. The third-order valence-electron chi connectivity index (χ3n) is 6.18. The van der Waals surface area contributed by atoms with Gasteiger partial charge >= 0.3 is 0 Å². The molecule has 1 saturated carbocycles. The summed E-state index contributed by atoms with van der Waals surface area (Å²) in [5.74, 6) is -0.253. The van der Waals surface area contributed by atoms with Crippen LogP contribution < -0.4 is 5.73 Å². The molecule has 0 unspecified atom stereocenters. The van der Waals surface area contributed by atoms with Crippen LogP contribution in [0.5, 0.6) is 0 Å². The zero-order valence-corrected chi connectivity index (χ0v) is 18.1. The van der Waals surface area contributed by atoms with E-state index in [1.54, 1.807) is 31.1 Å². The van der Waals surface area contributed by atoms with Gasteiger partial charge in [-0.15, -0.1) is 0 Å². The highest BCUT2D eigenvalue weighted by Crippen LogP contribution is 2.69. The average molecular weight is 443 g/mol. The van der Waals surface area contributed by atoms with E-state index in [1.807, 2.05) is 18.2 Å². The van der Waals surface area contributed by atoms with Crippen LogP contribution in [0.2, 0.25) is 5.02 Å². The molecule has 0 radical (unpaired) electrons. The van der Waals surface area contributed by atoms with Crippen molar-refractivity contribution in [3.05, 3.63) is 63.9 Å². The lowest BCUT2D eigenvalue weighted by Gasteiger charge is -2.45. The van der Waals surface area contributed by atoms with Crippen molar-refractivity contribution >= 4 is 46.3 Å². The van der Waals surface area contributed by atoms with Crippen LogP contribution >= 0.6 is 23.4 Å². The molecule has 1 aromatic carbocycles. The van der Waals surface area contributed by atoms with Crippen LogP contribution in [0, 0.1) is 5.92 Å². The summed E-state index contributed by atoms with van der Waals surface area (Å²) < 4.78 is 14.2. The third-order valence-corrected chi connectivity index (χ3v) is 7.69. The van der Waals surface area contributed by atoms with Crippen LogP contribution in [0.15, 0.2) is 41.5 Å². The number of hydrogen-bond donors (Lipinski definition) is 1. The van der Waals surface area contributed by atoms with Crippen molar-refractivity contribution in [2.75, 3.05) is 14.1 Å². The van der Waals surface area contributed by atoms with Gasteiger partial charge in [0.1, 0.15) is 10.6 Å². The lowest BCUT2D eigenvalue weighted by Crippen LogP contribution is -2.49. The number of benzene rings is 1. The maximum atomic E-state index is 14.7. The number of amidine groups is 1. The fraction of sp³-hybridized carbons (Fsp3) is 0.318. The fourth-order valence-electron chi connectivity index (χ4n) is 4.72. The van der Waals surface area contributed by atoms with Crippen molar-refractivity contribution < 1.29 is 9.18 Å². The second kappa shape index (κ2) is 6.56. The Balaban J connectivity index is 1.50. The number of carbonyl (C=O) groups is 1. The minimum Gasteiger partial charge on any atom is -0.378 e. The summed E-state index contributed by atoms with van der Waals surface area (Å²) in [4.78, 5) is 23.3. The normalized spacial score (nSPS) is 28.9. The van der Waals surface area contributed by atoms with E-state index in [1.165, 1.54) is 29.6 Å². The van der Waals surface area contributed by atoms with E-state index in [0.29, 0.717) is 10.2 Å². The topological polar surface area (TPSA) is 71.6 Å². The number of aliphatic imine (C=N–C) groups is 1. The zero-order valence-electron chi connectivity index (χ0n) is 16.5. The molecule has 30 heavy (non-hydrogen) atoms. The van der Waals surface area contributed by atoms with Gasteiger partial charge in [0.25, 0.3) is 0 Å². The minimum atomic E-state index is -0.530. The van der Waals surface area contributed by atoms with Gasteiger partial charge < -0.3 is 10.6 Å². The first-order valence-corrected chi connectivity index (χ1v) is 10.8. The lowest BCUT2D eigenvalue weighted by molar-refractivity contribution is -0.129. The van der Waals surface area contributed by atoms with Gasteiger partial charge in [-0.05, 0) is 47.4 Å². The number of amides is 1. The number of pyridine rings is 1. The molecular weight excluding hydrogens is 423 g/mol. The molecule has 5 nitrogen and oxygen atoms in total. The van der Waals surface area contributed by atoms with Gasteiger partial charge in [-0.2, -0.15) is 0 Å². The third kappa shape index (κ3) is 2.79. The quantitative estimate of drug-likeness (QED) is 0.783. The van der Waals surface area contributed by atoms with Crippen LogP contribution in [-0.4, -0.2) is 39.8 Å². The summed E-state index contributed by atoms with van der Waals surface area (Å²) in [6.07, 6.45) is 4.38. The van der Waals surface area contributed by atoms with Gasteiger partial charge in [-0.1, -0.05) is 35.5 Å². The second-order valence-corrected chi connectivity index (χ2v) is 10.1. The Labute approximate surface area is 183 Å². The van der Waals surface area contributed by atoms with Gasteiger partial charge in [0, 0.05) is 32.6 Å². The molecule has 1 spiro atoms. The number of nitrogens with zero attached hydrogens (tertiary/aromatic N) is 3. The van der Waals surface area contributed by atoms with Crippen molar-refractivity contribution in [3.63, 3.8) is 0 Å². The van der Waals surface area contributed by atoms with Crippen molar-refractivity contribution in [1.29, 1.82) is 0 Å². The van der Waals surface area contributed by atoms with Gasteiger partial charge in [0.15, 0.2) is 5.17 Å². The van der Waals surface area contributed by atoms with E-state index >= 15 is 0 Å². The number of nitrogens with two attached hydrogens (primary N) is 1. The number of rotatable bonds is 3. The molecule has 1 amide bonds. The van der Waals surface area contributed by atoms with Crippen LogP contribution in [0.1, 0.15) is 28.8 Å². The van der Waals surface area contributed by atoms with Crippen LogP contribution in [-0.2, 0) is 16.8 Å². The highest BCUT2D eigenvalue weighted by molar-refractivity contribution is 8.15. The summed E-state index contributed by atoms with van der Waals surface area (Å²) in [6, 6.07) is 9.00. The van der Waals surface area contributed by atoms with E-state index in [9.17, 15) is 9.18 Å². The Kier molecular flexibility index (Phi) is 4.28. The van der Waals surface area contributed by atoms with E-state index in [4.69, 9.17) is 22.3 Å². The molecule has 8 heteroatoms. The first-order valence-electron chi connectivity index (χ1n) is 9.64. The highest BCUT2D eigenvalue weighted by atomic mass is 35.5. The smallest absolute Gasteiger partial charge is 0.239 e. The number of thioether (sulfide) groups is 1. The number of aromatic nitrogens is 1. The Morgan fingerprint density at radius 3 is 2.87 bits per heavy atom. The average Bonchev–Trinajstić information content (AvgIpc) is 3.43. The Morgan fingerprint density at radius 2 is 2.17 bits per heavy atom. The molecule has 154 valence electrons.